The Morgan fingerprint density at radius 2 is 1.81 bits per heavy atom. The first-order chi connectivity index (χ1) is 12.8. The fourth-order valence-electron chi connectivity index (χ4n) is 2.88. The lowest BCUT2D eigenvalue weighted by molar-refractivity contribution is -0.122. The summed E-state index contributed by atoms with van der Waals surface area (Å²) < 4.78 is 26.7. The highest BCUT2D eigenvalue weighted by atomic mass is 32.2. The van der Waals surface area contributed by atoms with E-state index in [4.69, 9.17) is 0 Å². The van der Waals surface area contributed by atoms with Gasteiger partial charge in [-0.25, -0.2) is 8.42 Å². The molecule has 150 valence electrons. The zero-order chi connectivity index (χ0) is 19.9. The third-order valence-electron chi connectivity index (χ3n) is 4.22. The zero-order valence-electron chi connectivity index (χ0n) is 15.9. The quantitative estimate of drug-likeness (QED) is 0.645. The molecule has 1 heterocycles. The summed E-state index contributed by atoms with van der Waals surface area (Å²) in [6.45, 7) is 3.79. The molecule has 27 heavy (non-hydrogen) atoms. The maximum Gasteiger partial charge on any atom is 0.243 e. The van der Waals surface area contributed by atoms with Gasteiger partial charge in [-0.2, -0.15) is 4.31 Å². The lowest BCUT2D eigenvalue weighted by Gasteiger charge is -2.17. The van der Waals surface area contributed by atoms with E-state index in [2.05, 4.69) is 10.6 Å². The number of carbonyl (C=O) groups excluding carboxylic acids is 2. The second-order valence-corrected chi connectivity index (χ2v) is 8.65. The van der Waals surface area contributed by atoms with Gasteiger partial charge in [0.25, 0.3) is 0 Å². The molecule has 1 aliphatic heterocycles. The Balaban J connectivity index is 1.93. The van der Waals surface area contributed by atoms with Crippen molar-refractivity contribution in [3.8, 4) is 0 Å². The molecule has 1 aromatic carbocycles. The molecule has 1 aliphatic rings. The van der Waals surface area contributed by atoms with E-state index in [1.807, 2.05) is 6.92 Å². The first-order valence-corrected chi connectivity index (χ1v) is 10.6. The molecule has 9 heteroatoms. The Bertz CT molecular complexity index is 760. The molecule has 8 nitrogen and oxygen atoms in total. The number of benzene rings is 1. The van der Waals surface area contributed by atoms with Crippen molar-refractivity contribution in [3.63, 3.8) is 0 Å². The molecule has 0 bridgehead atoms. The van der Waals surface area contributed by atoms with Crippen LogP contribution in [0.5, 0.6) is 0 Å². The third kappa shape index (κ3) is 6.30. The first kappa shape index (κ1) is 21.3. The standard InChI is InChI=1S/C18H28N4O4S/c1-3-9-19-17(23)13-21(2)14-18(24)20-15-7-6-8-16(12-15)27(25,26)22-10-4-5-11-22/h6-8,12H,3-5,9-11,13-14H2,1-2H3,(H,19,23)(H,20,24). The van der Waals surface area contributed by atoms with Crippen LogP contribution < -0.4 is 10.6 Å². The minimum atomic E-state index is -3.53. The van der Waals surface area contributed by atoms with Gasteiger partial charge in [0, 0.05) is 25.3 Å². The van der Waals surface area contributed by atoms with Crippen molar-refractivity contribution in [3.05, 3.63) is 24.3 Å². The summed E-state index contributed by atoms with van der Waals surface area (Å²) in [6.07, 6.45) is 2.59. The molecular weight excluding hydrogens is 368 g/mol. The Morgan fingerprint density at radius 1 is 1.15 bits per heavy atom. The van der Waals surface area contributed by atoms with Gasteiger partial charge in [-0.05, 0) is 44.5 Å². The monoisotopic (exact) mass is 396 g/mol. The molecule has 0 aliphatic carbocycles. The average molecular weight is 397 g/mol. The Labute approximate surface area is 161 Å². The molecule has 0 saturated carbocycles. The second-order valence-electron chi connectivity index (χ2n) is 6.71. The van der Waals surface area contributed by atoms with Crippen LogP contribution >= 0.6 is 0 Å². The molecule has 1 fully saturated rings. The molecular formula is C18H28N4O4S. The van der Waals surface area contributed by atoms with Gasteiger partial charge in [-0.3, -0.25) is 14.5 Å². The number of amides is 2. The maximum absolute atomic E-state index is 12.6. The van der Waals surface area contributed by atoms with Gasteiger partial charge >= 0.3 is 0 Å². The van der Waals surface area contributed by atoms with Gasteiger partial charge in [0.05, 0.1) is 18.0 Å². The second kappa shape index (κ2) is 9.82. The predicted molar refractivity (Wildman–Crippen MR) is 104 cm³/mol. The van der Waals surface area contributed by atoms with E-state index in [0.29, 0.717) is 25.3 Å². The molecule has 0 spiro atoms. The molecule has 0 radical (unpaired) electrons. The average Bonchev–Trinajstić information content (AvgIpc) is 3.15. The van der Waals surface area contributed by atoms with Gasteiger partial charge < -0.3 is 10.6 Å². The van der Waals surface area contributed by atoms with Gasteiger partial charge in [0.2, 0.25) is 21.8 Å². The molecule has 2 rings (SSSR count). The summed E-state index contributed by atoms with van der Waals surface area (Å²) in [7, 11) is -1.85. The topological polar surface area (TPSA) is 98.8 Å². The first-order valence-electron chi connectivity index (χ1n) is 9.18. The normalized spacial score (nSPS) is 15.1. The lowest BCUT2D eigenvalue weighted by atomic mass is 10.3. The fraction of sp³-hybridized carbons (Fsp3) is 0.556. The van der Waals surface area contributed by atoms with E-state index in [0.717, 1.165) is 19.3 Å². The van der Waals surface area contributed by atoms with E-state index < -0.39 is 10.0 Å². The van der Waals surface area contributed by atoms with Gasteiger partial charge in [-0.1, -0.05) is 13.0 Å². The number of sulfonamides is 1. The molecule has 2 N–H and O–H groups in total. The van der Waals surface area contributed by atoms with Gasteiger partial charge in [0.1, 0.15) is 0 Å². The van der Waals surface area contributed by atoms with Gasteiger partial charge in [-0.15, -0.1) is 0 Å². The number of nitrogens with zero attached hydrogens (tertiary/aromatic N) is 2. The Morgan fingerprint density at radius 3 is 2.48 bits per heavy atom. The van der Waals surface area contributed by atoms with Crippen molar-refractivity contribution in [1.82, 2.24) is 14.5 Å². The number of hydrogen-bond donors (Lipinski definition) is 2. The van der Waals surface area contributed by atoms with E-state index in [1.165, 1.54) is 16.4 Å². The Hall–Kier alpha value is -1.97. The SMILES string of the molecule is CCCNC(=O)CN(C)CC(=O)Nc1cccc(S(=O)(=O)N2CCCC2)c1. The molecule has 0 aromatic heterocycles. The summed E-state index contributed by atoms with van der Waals surface area (Å²) >= 11 is 0. The molecule has 2 amide bonds. The smallest absolute Gasteiger partial charge is 0.243 e. The van der Waals surface area contributed by atoms with Crippen LogP contribution in [0.1, 0.15) is 26.2 Å². The molecule has 0 unspecified atom stereocenters. The zero-order valence-corrected chi connectivity index (χ0v) is 16.7. The molecule has 1 aromatic rings. The van der Waals surface area contributed by atoms with Crippen molar-refractivity contribution >= 4 is 27.5 Å². The van der Waals surface area contributed by atoms with E-state index in [1.54, 1.807) is 24.1 Å². The van der Waals surface area contributed by atoms with Crippen LogP contribution in [-0.4, -0.2) is 69.2 Å². The van der Waals surface area contributed by atoms with Crippen molar-refractivity contribution in [1.29, 1.82) is 0 Å². The number of nitrogens with one attached hydrogen (secondary N) is 2. The van der Waals surface area contributed by atoms with Crippen molar-refractivity contribution in [2.24, 2.45) is 0 Å². The Kier molecular flexibility index (Phi) is 7.76. The van der Waals surface area contributed by atoms with Crippen LogP contribution in [0.25, 0.3) is 0 Å². The van der Waals surface area contributed by atoms with Crippen molar-refractivity contribution in [2.45, 2.75) is 31.1 Å². The van der Waals surface area contributed by atoms with Crippen LogP contribution in [-0.2, 0) is 19.6 Å². The van der Waals surface area contributed by atoms with Crippen LogP contribution in [0.4, 0.5) is 5.69 Å². The van der Waals surface area contributed by atoms with E-state index in [9.17, 15) is 18.0 Å². The number of hydrogen-bond acceptors (Lipinski definition) is 5. The highest BCUT2D eigenvalue weighted by Gasteiger charge is 2.27. The number of likely N-dealkylation sites (N-methyl/N-ethyl adjacent to an activating group) is 1. The highest BCUT2D eigenvalue weighted by Crippen LogP contribution is 2.23. The third-order valence-corrected chi connectivity index (χ3v) is 6.11. The summed E-state index contributed by atoms with van der Waals surface area (Å²) in [4.78, 5) is 25.6. The fourth-order valence-corrected chi connectivity index (χ4v) is 4.44. The van der Waals surface area contributed by atoms with Crippen LogP contribution in [0.15, 0.2) is 29.2 Å². The van der Waals surface area contributed by atoms with Crippen LogP contribution in [0.3, 0.4) is 0 Å². The summed E-state index contributed by atoms with van der Waals surface area (Å²) in [6, 6.07) is 6.27. The van der Waals surface area contributed by atoms with Crippen LogP contribution in [0, 0.1) is 0 Å². The van der Waals surface area contributed by atoms with Crippen molar-refractivity contribution < 1.29 is 18.0 Å². The van der Waals surface area contributed by atoms with E-state index in [-0.39, 0.29) is 29.8 Å². The number of carbonyl (C=O) groups is 2. The van der Waals surface area contributed by atoms with Crippen LogP contribution in [0.2, 0.25) is 0 Å². The summed E-state index contributed by atoms with van der Waals surface area (Å²) in [5.74, 6) is -0.442. The maximum atomic E-state index is 12.6. The summed E-state index contributed by atoms with van der Waals surface area (Å²) in [5.41, 5.74) is 0.420. The lowest BCUT2D eigenvalue weighted by Crippen LogP contribution is -2.39. The molecule has 1 saturated heterocycles. The number of rotatable bonds is 9. The largest absolute Gasteiger partial charge is 0.355 e. The van der Waals surface area contributed by atoms with E-state index >= 15 is 0 Å². The van der Waals surface area contributed by atoms with Crippen molar-refractivity contribution in [2.75, 3.05) is 45.1 Å². The highest BCUT2D eigenvalue weighted by molar-refractivity contribution is 7.89. The minimum absolute atomic E-state index is 0.0304. The summed E-state index contributed by atoms with van der Waals surface area (Å²) in [5, 5.41) is 5.45. The number of anilines is 1. The minimum Gasteiger partial charge on any atom is -0.355 e. The predicted octanol–water partition coefficient (Wildman–Crippen LogP) is 0.868. The van der Waals surface area contributed by atoms with Gasteiger partial charge in [0.15, 0.2) is 0 Å². The molecule has 0 atom stereocenters.